The van der Waals surface area contributed by atoms with Crippen molar-refractivity contribution in [3.8, 4) is 0 Å². The number of ketones is 1. The zero-order valence-electron chi connectivity index (χ0n) is 19.2. The molecule has 0 saturated heterocycles. The monoisotopic (exact) mass is 408 g/mol. The molecule has 30 heavy (non-hydrogen) atoms. The van der Waals surface area contributed by atoms with Gasteiger partial charge in [0.1, 0.15) is 0 Å². The molecule has 2 heteroatoms. The van der Waals surface area contributed by atoms with Crippen molar-refractivity contribution in [1.82, 2.24) is 0 Å². The predicted molar refractivity (Wildman–Crippen MR) is 121 cm³/mol. The van der Waals surface area contributed by atoms with Gasteiger partial charge in [0.05, 0.1) is 5.60 Å². The summed E-state index contributed by atoms with van der Waals surface area (Å²) in [6, 6.07) is 8.42. The summed E-state index contributed by atoms with van der Waals surface area (Å²) in [5.41, 5.74) is 1.99. The molecule has 0 heterocycles. The number of fused-ring (bicyclic) bond motifs is 5. The van der Waals surface area contributed by atoms with Gasteiger partial charge in [-0.3, -0.25) is 4.79 Å². The summed E-state index contributed by atoms with van der Waals surface area (Å²) in [7, 11) is 0. The van der Waals surface area contributed by atoms with Gasteiger partial charge in [0.25, 0.3) is 0 Å². The third-order valence-electron chi connectivity index (χ3n) is 10.2. The average Bonchev–Trinajstić information content (AvgIpc) is 3.09. The Kier molecular flexibility index (Phi) is 5.16. The van der Waals surface area contributed by atoms with E-state index in [2.05, 4.69) is 38.1 Å². The molecule has 0 amide bonds. The van der Waals surface area contributed by atoms with Crippen molar-refractivity contribution in [2.75, 3.05) is 0 Å². The fourth-order valence-corrected chi connectivity index (χ4v) is 8.62. The van der Waals surface area contributed by atoms with E-state index >= 15 is 0 Å². The summed E-state index contributed by atoms with van der Waals surface area (Å²) >= 11 is 0. The Balaban J connectivity index is 1.34. The first-order valence-corrected chi connectivity index (χ1v) is 12.7. The number of aliphatic hydroxyl groups is 1. The van der Waals surface area contributed by atoms with E-state index in [0.29, 0.717) is 5.78 Å². The van der Waals surface area contributed by atoms with Gasteiger partial charge in [-0.25, -0.2) is 0 Å². The van der Waals surface area contributed by atoms with E-state index in [4.69, 9.17) is 0 Å². The summed E-state index contributed by atoms with van der Waals surface area (Å²) in [5.74, 6) is 4.55. The molecule has 0 aromatic heterocycles. The first-order chi connectivity index (χ1) is 14.3. The highest BCUT2D eigenvalue weighted by Gasteiger charge is 2.58. The standard InChI is InChI=1S/C28H40O2/c1-4-18-5-7-19(8-6-18)26(29)25-12-11-24-23-10-9-20-17-27(2,30)15-13-21(20)22(23)14-16-28(24,25)3/h5-8,20-25,30H,4,9-17H2,1-3H3/t20-,21-,22+,23+,24-,25+,27+,28-/m0/s1. The molecule has 0 unspecified atom stereocenters. The first-order valence-electron chi connectivity index (χ1n) is 12.7. The van der Waals surface area contributed by atoms with Crippen molar-refractivity contribution in [2.24, 2.45) is 40.9 Å². The molecule has 8 atom stereocenters. The van der Waals surface area contributed by atoms with Crippen molar-refractivity contribution >= 4 is 5.78 Å². The number of hydrogen-bond acceptors (Lipinski definition) is 2. The van der Waals surface area contributed by atoms with Gasteiger partial charge in [0.15, 0.2) is 5.78 Å². The minimum absolute atomic E-state index is 0.189. The molecule has 0 bridgehead atoms. The molecule has 4 saturated carbocycles. The third kappa shape index (κ3) is 3.29. The van der Waals surface area contributed by atoms with Crippen LogP contribution in [0.2, 0.25) is 0 Å². The molecule has 1 N–H and O–H groups in total. The molecule has 0 aliphatic heterocycles. The van der Waals surface area contributed by atoms with Crippen LogP contribution in [0.1, 0.15) is 94.5 Å². The van der Waals surface area contributed by atoms with Crippen LogP contribution >= 0.6 is 0 Å². The van der Waals surface area contributed by atoms with E-state index in [9.17, 15) is 9.90 Å². The SMILES string of the molecule is CCc1ccc(C(=O)[C@H]2CC[C@H]3[C@@H]4CC[C@H]5C[C@](C)(O)CC[C@@H]5[C@H]4CC[C@]23C)cc1. The van der Waals surface area contributed by atoms with Crippen molar-refractivity contribution in [3.63, 3.8) is 0 Å². The van der Waals surface area contributed by atoms with E-state index in [1.165, 1.54) is 44.1 Å². The summed E-state index contributed by atoms with van der Waals surface area (Å²) in [6.45, 7) is 6.68. The van der Waals surface area contributed by atoms with Crippen molar-refractivity contribution in [1.29, 1.82) is 0 Å². The molecule has 4 aliphatic rings. The van der Waals surface area contributed by atoms with Gasteiger partial charge < -0.3 is 5.11 Å². The third-order valence-corrected chi connectivity index (χ3v) is 10.2. The number of Topliss-reactive ketones (excluding diaryl/α,β-unsaturated/α-hetero) is 1. The molecular formula is C28H40O2. The van der Waals surface area contributed by atoms with Crippen LogP contribution in [0.3, 0.4) is 0 Å². The molecule has 4 fully saturated rings. The second kappa shape index (κ2) is 7.47. The van der Waals surface area contributed by atoms with Gasteiger partial charge in [-0.05, 0) is 112 Å². The molecule has 1 aromatic rings. The largest absolute Gasteiger partial charge is 0.390 e. The van der Waals surface area contributed by atoms with Crippen LogP contribution in [0.15, 0.2) is 24.3 Å². The van der Waals surface area contributed by atoms with Crippen LogP contribution in [0.5, 0.6) is 0 Å². The normalized spacial score (nSPS) is 45.3. The average molecular weight is 409 g/mol. The zero-order valence-corrected chi connectivity index (χ0v) is 19.2. The molecule has 0 radical (unpaired) electrons. The van der Waals surface area contributed by atoms with E-state index in [0.717, 1.165) is 60.8 Å². The topological polar surface area (TPSA) is 37.3 Å². The lowest BCUT2D eigenvalue weighted by atomic mass is 9.49. The number of aryl methyl sites for hydroxylation is 1. The van der Waals surface area contributed by atoms with Crippen molar-refractivity contribution in [3.05, 3.63) is 35.4 Å². The van der Waals surface area contributed by atoms with Gasteiger partial charge in [0, 0.05) is 11.5 Å². The van der Waals surface area contributed by atoms with Crippen LogP contribution < -0.4 is 0 Å². The lowest BCUT2D eigenvalue weighted by Gasteiger charge is -2.56. The number of hydrogen-bond donors (Lipinski definition) is 1. The Morgan fingerprint density at radius 2 is 1.67 bits per heavy atom. The van der Waals surface area contributed by atoms with E-state index in [1.807, 2.05) is 6.92 Å². The first kappa shape index (κ1) is 20.7. The highest BCUT2D eigenvalue weighted by molar-refractivity contribution is 5.98. The second-order valence-electron chi connectivity index (χ2n) is 11.8. The number of benzene rings is 1. The summed E-state index contributed by atoms with van der Waals surface area (Å²) in [4.78, 5) is 13.5. The zero-order chi connectivity index (χ0) is 21.1. The second-order valence-corrected chi connectivity index (χ2v) is 11.8. The quantitative estimate of drug-likeness (QED) is 0.583. The smallest absolute Gasteiger partial charge is 0.166 e. The Bertz CT molecular complexity index is 793. The molecule has 0 spiro atoms. The Hall–Kier alpha value is -1.15. The Labute approximate surface area is 182 Å². The Morgan fingerprint density at radius 3 is 2.40 bits per heavy atom. The lowest BCUT2D eigenvalue weighted by molar-refractivity contribution is -0.0976. The molecule has 1 aromatic carbocycles. The van der Waals surface area contributed by atoms with Crippen molar-refractivity contribution < 1.29 is 9.90 Å². The molecular weight excluding hydrogens is 368 g/mol. The van der Waals surface area contributed by atoms with E-state index in [1.54, 1.807) is 0 Å². The number of carbonyl (C=O) groups is 1. The summed E-state index contributed by atoms with van der Waals surface area (Å²) in [5, 5.41) is 10.6. The highest BCUT2D eigenvalue weighted by atomic mass is 16.3. The minimum Gasteiger partial charge on any atom is -0.390 e. The van der Waals surface area contributed by atoms with Crippen LogP contribution in [-0.2, 0) is 6.42 Å². The maximum Gasteiger partial charge on any atom is 0.166 e. The van der Waals surface area contributed by atoms with E-state index < -0.39 is 5.60 Å². The van der Waals surface area contributed by atoms with Crippen LogP contribution in [0, 0.1) is 40.9 Å². The predicted octanol–water partition coefficient (Wildman–Crippen LogP) is 6.45. The van der Waals surface area contributed by atoms with E-state index in [-0.39, 0.29) is 11.3 Å². The van der Waals surface area contributed by atoms with Gasteiger partial charge in [-0.15, -0.1) is 0 Å². The minimum atomic E-state index is -0.435. The van der Waals surface area contributed by atoms with Gasteiger partial charge in [0.2, 0.25) is 0 Å². The lowest BCUT2D eigenvalue weighted by Crippen LogP contribution is -2.51. The molecule has 4 aliphatic carbocycles. The molecule has 5 rings (SSSR count). The molecule has 2 nitrogen and oxygen atoms in total. The van der Waals surface area contributed by atoms with Gasteiger partial charge in [-0.2, -0.15) is 0 Å². The maximum atomic E-state index is 13.5. The van der Waals surface area contributed by atoms with Gasteiger partial charge >= 0.3 is 0 Å². The van der Waals surface area contributed by atoms with Crippen LogP contribution in [-0.4, -0.2) is 16.5 Å². The van der Waals surface area contributed by atoms with Crippen LogP contribution in [0.4, 0.5) is 0 Å². The molecule has 164 valence electrons. The fraction of sp³-hybridized carbons (Fsp3) is 0.750. The van der Waals surface area contributed by atoms with Crippen LogP contribution in [0.25, 0.3) is 0 Å². The highest BCUT2D eigenvalue weighted by Crippen LogP contribution is 2.64. The fourth-order valence-electron chi connectivity index (χ4n) is 8.62. The Morgan fingerprint density at radius 1 is 0.933 bits per heavy atom. The number of carbonyl (C=O) groups excluding carboxylic acids is 1. The summed E-state index contributed by atoms with van der Waals surface area (Å²) in [6.07, 6.45) is 11.7. The number of rotatable bonds is 3. The maximum absolute atomic E-state index is 13.5. The summed E-state index contributed by atoms with van der Waals surface area (Å²) < 4.78 is 0. The van der Waals surface area contributed by atoms with Crippen molar-refractivity contribution in [2.45, 2.75) is 90.6 Å². The van der Waals surface area contributed by atoms with Gasteiger partial charge in [-0.1, -0.05) is 38.1 Å².